The maximum atomic E-state index is 10.3. The fraction of sp³-hybridized carbons (Fsp3) is 0.793. The van der Waals surface area contributed by atoms with E-state index in [0.29, 0.717) is 17.8 Å². The lowest BCUT2D eigenvalue weighted by Gasteiger charge is -2.48. The molecule has 3 aliphatic rings. The zero-order chi connectivity index (χ0) is 21.9. The van der Waals surface area contributed by atoms with E-state index in [4.69, 9.17) is 0 Å². The Kier molecular flexibility index (Phi) is 8.10. The summed E-state index contributed by atoms with van der Waals surface area (Å²) in [6.07, 6.45) is 20.9. The highest BCUT2D eigenvalue weighted by atomic mass is 16.3. The summed E-state index contributed by atoms with van der Waals surface area (Å²) in [5.41, 5.74) is 3.58. The molecular formula is C29H48O. The molecule has 0 bridgehead atoms. The molecule has 0 amide bonds. The zero-order valence-corrected chi connectivity index (χ0v) is 20.7. The highest BCUT2D eigenvalue weighted by Crippen LogP contribution is 2.56. The van der Waals surface area contributed by atoms with Crippen molar-refractivity contribution in [3.05, 3.63) is 35.5 Å². The van der Waals surface area contributed by atoms with E-state index in [9.17, 15) is 5.11 Å². The van der Waals surface area contributed by atoms with E-state index in [1.807, 2.05) is 0 Å². The van der Waals surface area contributed by atoms with Crippen LogP contribution in [0.4, 0.5) is 0 Å². The lowest BCUT2D eigenvalue weighted by atomic mass is 9.56. The first-order chi connectivity index (χ1) is 14.3. The molecule has 2 fully saturated rings. The fourth-order valence-electron chi connectivity index (χ4n) is 6.39. The number of hydrogen-bond donors (Lipinski definition) is 1. The SMILES string of the molecule is CCCCC1C(C2CCC([C@H](C)/C=C/C(C)C(C)C)C2)=CC=C2C[C@@H](O)CC[C@@]21C. The molecule has 1 N–H and O–H groups in total. The van der Waals surface area contributed by atoms with Gasteiger partial charge in [-0.1, -0.05) is 89.8 Å². The molecule has 3 aliphatic carbocycles. The molecule has 0 aromatic rings. The highest BCUT2D eigenvalue weighted by molar-refractivity contribution is 5.36. The molecule has 1 nitrogen and oxygen atoms in total. The number of unbranched alkanes of at least 4 members (excludes halogenated alkanes) is 1. The predicted octanol–water partition coefficient (Wildman–Crippen LogP) is 8.11. The van der Waals surface area contributed by atoms with Gasteiger partial charge in [0.2, 0.25) is 0 Å². The molecule has 0 aromatic carbocycles. The number of hydrogen-bond acceptors (Lipinski definition) is 1. The normalized spacial score (nSPS) is 36.5. The monoisotopic (exact) mass is 412 g/mol. The quantitative estimate of drug-likeness (QED) is 0.399. The molecule has 30 heavy (non-hydrogen) atoms. The molecule has 3 rings (SSSR count). The van der Waals surface area contributed by atoms with Gasteiger partial charge in [-0.15, -0.1) is 0 Å². The van der Waals surface area contributed by atoms with Crippen molar-refractivity contribution in [1.82, 2.24) is 0 Å². The first-order valence-electron chi connectivity index (χ1n) is 13.0. The molecular weight excluding hydrogens is 364 g/mol. The summed E-state index contributed by atoms with van der Waals surface area (Å²) in [7, 11) is 0. The van der Waals surface area contributed by atoms with Crippen molar-refractivity contribution in [2.75, 3.05) is 0 Å². The Labute approximate surface area is 187 Å². The van der Waals surface area contributed by atoms with Crippen LogP contribution in [0.15, 0.2) is 35.5 Å². The van der Waals surface area contributed by atoms with Crippen LogP contribution in [-0.4, -0.2) is 11.2 Å². The van der Waals surface area contributed by atoms with Crippen LogP contribution in [0.5, 0.6) is 0 Å². The van der Waals surface area contributed by atoms with Crippen molar-refractivity contribution in [2.24, 2.45) is 40.9 Å². The van der Waals surface area contributed by atoms with Crippen LogP contribution >= 0.6 is 0 Å². The predicted molar refractivity (Wildman–Crippen MR) is 130 cm³/mol. The summed E-state index contributed by atoms with van der Waals surface area (Å²) in [6.45, 7) is 14.3. The Balaban J connectivity index is 1.73. The second kappa shape index (κ2) is 10.2. The van der Waals surface area contributed by atoms with Crippen molar-refractivity contribution in [3.63, 3.8) is 0 Å². The number of aliphatic hydroxyl groups is 1. The Morgan fingerprint density at radius 2 is 1.87 bits per heavy atom. The van der Waals surface area contributed by atoms with E-state index < -0.39 is 0 Å². The van der Waals surface area contributed by atoms with Gasteiger partial charge in [-0.2, -0.15) is 0 Å². The van der Waals surface area contributed by atoms with Crippen molar-refractivity contribution in [1.29, 1.82) is 0 Å². The molecule has 0 saturated heterocycles. The lowest BCUT2D eigenvalue weighted by Crippen LogP contribution is -2.39. The molecule has 0 aromatic heterocycles. The van der Waals surface area contributed by atoms with E-state index in [1.54, 1.807) is 5.57 Å². The summed E-state index contributed by atoms with van der Waals surface area (Å²) in [4.78, 5) is 0. The summed E-state index contributed by atoms with van der Waals surface area (Å²) in [6, 6.07) is 0. The molecule has 7 atom stereocenters. The van der Waals surface area contributed by atoms with Crippen molar-refractivity contribution >= 4 is 0 Å². The van der Waals surface area contributed by atoms with E-state index in [0.717, 1.165) is 37.0 Å². The smallest absolute Gasteiger partial charge is 0.0578 e. The third kappa shape index (κ3) is 5.14. The van der Waals surface area contributed by atoms with E-state index in [2.05, 4.69) is 65.8 Å². The van der Waals surface area contributed by atoms with Crippen molar-refractivity contribution in [2.45, 2.75) is 105 Å². The second-order valence-corrected chi connectivity index (χ2v) is 11.5. The minimum Gasteiger partial charge on any atom is -0.393 e. The summed E-state index contributed by atoms with van der Waals surface area (Å²) in [5, 5.41) is 10.3. The molecule has 0 aliphatic heterocycles. The van der Waals surface area contributed by atoms with Crippen LogP contribution in [0, 0.1) is 40.9 Å². The van der Waals surface area contributed by atoms with E-state index in [1.165, 1.54) is 44.1 Å². The van der Waals surface area contributed by atoms with Crippen molar-refractivity contribution < 1.29 is 5.11 Å². The van der Waals surface area contributed by atoms with E-state index in [-0.39, 0.29) is 11.5 Å². The van der Waals surface area contributed by atoms with Gasteiger partial charge >= 0.3 is 0 Å². The van der Waals surface area contributed by atoms with Gasteiger partial charge in [-0.05, 0) is 85.9 Å². The Bertz CT molecular complexity index is 653. The van der Waals surface area contributed by atoms with Crippen LogP contribution in [0.2, 0.25) is 0 Å². The van der Waals surface area contributed by atoms with Crippen LogP contribution in [0.1, 0.15) is 99.3 Å². The first-order valence-corrected chi connectivity index (χ1v) is 13.0. The Morgan fingerprint density at radius 3 is 2.57 bits per heavy atom. The first kappa shape index (κ1) is 23.8. The minimum atomic E-state index is -0.122. The van der Waals surface area contributed by atoms with Crippen molar-refractivity contribution in [3.8, 4) is 0 Å². The molecule has 0 heterocycles. The van der Waals surface area contributed by atoms with Crippen LogP contribution in [0.3, 0.4) is 0 Å². The number of aliphatic hydroxyl groups excluding tert-OH is 1. The van der Waals surface area contributed by atoms with Gasteiger partial charge in [0, 0.05) is 0 Å². The van der Waals surface area contributed by atoms with Gasteiger partial charge < -0.3 is 5.11 Å². The highest BCUT2D eigenvalue weighted by Gasteiger charge is 2.46. The molecule has 0 spiro atoms. The number of allylic oxidation sites excluding steroid dienone is 5. The minimum absolute atomic E-state index is 0.122. The molecule has 2 saturated carbocycles. The number of rotatable bonds is 8. The average Bonchev–Trinajstić information content (AvgIpc) is 3.20. The van der Waals surface area contributed by atoms with Gasteiger partial charge in [0.05, 0.1) is 6.10 Å². The lowest BCUT2D eigenvalue weighted by molar-refractivity contribution is 0.0842. The summed E-state index contributed by atoms with van der Waals surface area (Å²) >= 11 is 0. The standard InChI is InChI=1S/C29H48O/c1-7-8-9-28-27(15-14-25-19-26(30)16-17-29(25,28)6)24-13-12-23(18-24)22(5)11-10-21(4)20(2)3/h10-11,14-15,20-24,26,28,30H,7-9,12-13,16-19H2,1-6H3/b11-10+/t21?,22-,23?,24?,26+,28?,29+/m1/s1. The number of fused-ring (bicyclic) bond motifs is 1. The van der Waals surface area contributed by atoms with Gasteiger partial charge in [-0.3, -0.25) is 0 Å². The van der Waals surface area contributed by atoms with Gasteiger partial charge in [-0.25, -0.2) is 0 Å². The molecule has 1 heteroatoms. The van der Waals surface area contributed by atoms with Crippen LogP contribution < -0.4 is 0 Å². The van der Waals surface area contributed by atoms with Gasteiger partial charge in [0.1, 0.15) is 0 Å². The van der Waals surface area contributed by atoms with Gasteiger partial charge in [0.25, 0.3) is 0 Å². The average molecular weight is 413 g/mol. The fourth-order valence-corrected chi connectivity index (χ4v) is 6.39. The van der Waals surface area contributed by atoms with Crippen LogP contribution in [0.25, 0.3) is 0 Å². The largest absolute Gasteiger partial charge is 0.393 e. The maximum absolute atomic E-state index is 10.3. The topological polar surface area (TPSA) is 20.2 Å². The third-order valence-corrected chi connectivity index (χ3v) is 9.14. The third-order valence-electron chi connectivity index (χ3n) is 9.14. The summed E-state index contributed by atoms with van der Waals surface area (Å²) < 4.78 is 0. The van der Waals surface area contributed by atoms with Crippen LogP contribution in [-0.2, 0) is 0 Å². The zero-order valence-electron chi connectivity index (χ0n) is 20.7. The van der Waals surface area contributed by atoms with Gasteiger partial charge in [0.15, 0.2) is 0 Å². The second-order valence-electron chi connectivity index (χ2n) is 11.5. The molecule has 4 unspecified atom stereocenters. The molecule has 170 valence electrons. The van der Waals surface area contributed by atoms with E-state index >= 15 is 0 Å². The summed E-state index contributed by atoms with van der Waals surface area (Å²) in [5.74, 6) is 4.41. The Hall–Kier alpha value is -0.820. The molecule has 0 radical (unpaired) electrons. The Morgan fingerprint density at radius 1 is 1.10 bits per heavy atom. The maximum Gasteiger partial charge on any atom is 0.0578 e.